The minimum atomic E-state index is 0.0823. The summed E-state index contributed by atoms with van der Waals surface area (Å²) >= 11 is 1.63. The molecule has 2 fully saturated rings. The first-order valence-electron chi connectivity index (χ1n) is 10.3. The molecule has 7 heteroatoms. The fourth-order valence-corrected chi connectivity index (χ4v) is 4.61. The van der Waals surface area contributed by atoms with Gasteiger partial charge in [0.15, 0.2) is 5.16 Å². The van der Waals surface area contributed by atoms with E-state index >= 15 is 0 Å². The van der Waals surface area contributed by atoms with Gasteiger partial charge in [0.1, 0.15) is 5.82 Å². The molecule has 29 heavy (non-hydrogen) atoms. The van der Waals surface area contributed by atoms with E-state index in [0.717, 1.165) is 46.6 Å². The minimum absolute atomic E-state index is 0.0823. The number of nitrogens with zero attached hydrogens (tertiary/aromatic N) is 4. The van der Waals surface area contributed by atoms with Gasteiger partial charge in [-0.2, -0.15) is 0 Å². The maximum Gasteiger partial charge on any atom is 0.254 e. The van der Waals surface area contributed by atoms with Gasteiger partial charge in [-0.15, -0.1) is 0 Å². The highest BCUT2D eigenvalue weighted by molar-refractivity contribution is 7.98. The summed E-state index contributed by atoms with van der Waals surface area (Å²) < 4.78 is 5.35. The van der Waals surface area contributed by atoms with Crippen molar-refractivity contribution in [2.75, 3.05) is 44.3 Å². The number of anilines is 1. The van der Waals surface area contributed by atoms with Gasteiger partial charge in [-0.1, -0.05) is 23.9 Å². The third-order valence-corrected chi connectivity index (χ3v) is 6.51. The maximum absolute atomic E-state index is 12.7. The number of ether oxygens (including phenoxy) is 1. The maximum atomic E-state index is 12.7. The van der Waals surface area contributed by atoms with Crippen molar-refractivity contribution in [3.63, 3.8) is 0 Å². The molecule has 0 radical (unpaired) electrons. The van der Waals surface area contributed by atoms with Crippen molar-refractivity contribution < 1.29 is 9.53 Å². The monoisotopic (exact) mass is 412 g/mol. The molecule has 1 aromatic heterocycles. The molecule has 0 N–H and O–H groups in total. The molecular formula is C22H28N4O2S. The smallest absolute Gasteiger partial charge is 0.254 e. The average Bonchev–Trinajstić information content (AvgIpc) is 3.29. The standard InChI is InChI=1S/C22H28N4O2S/c1-16-17(2)23-22(24-20(16)25-8-3-4-9-25)29-15-18-6-5-7-19(14-18)21(27)26-10-12-28-13-11-26/h5-7,14H,3-4,8-13,15H2,1-2H3. The summed E-state index contributed by atoms with van der Waals surface area (Å²) in [6, 6.07) is 7.91. The normalized spacial score (nSPS) is 17.0. The van der Waals surface area contributed by atoms with Gasteiger partial charge < -0.3 is 14.5 Å². The van der Waals surface area contributed by atoms with Crippen molar-refractivity contribution in [2.24, 2.45) is 0 Å². The third-order valence-electron chi connectivity index (χ3n) is 5.59. The number of hydrogen-bond donors (Lipinski definition) is 0. The Morgan fingerprint density at radius 1 is 1.10 bits per heavy atom. The Kier molecular flexibility index (Phi) is 6.35. The first-order chi connectivity index (χ1) is 14.1. The molecule has 2 saturated heterocycles. The zero-order valence-electron chi connectivity index (χ0n) is 17.2. The highest BCUT2D eigenvalue weighted by Gasteiger charge is 2.20. The van der Waals surface area contributed by atoms with E-state index in [1.807, 2.05) is 23.1 Å². The number of rotatable bonds is 5. The Balaban J connectivity index is 1.46. The molecule has 0 saturated carbocycles. The zero-order chi connectivity index (χ0) is 20.2. The number of morpholine rings is 1. The lowest BCUT2D eigenvalue weighted by Crippen LogP contribution is -2.40. The molecule has 1 aromatic carbocycles. The Bertz CT molecular complexity index is 877. The topological polar surface area (TPSA) is 58.6 Å². The molecule has 4 rings (SSSR count). The van der Waals surface area contributed by atoms with Crippen LogP contribution in [-0.2, 0) is 10.5 Å². The Hall–Kier alpha value is -2.12. The van der Waals surface area contributed by atoms with Crippen LogP contribution in [0.2, 0.25) is 0 Å². The molecule has 0 unspecified atom stereocenters. The lowest BCUT2D eigenvalue weighted by atomic mass is 10.1. The first-order valence-corrected chi connectivity index (χ1v) is 11.3. The van der Waals surface area contributed by atoms with Crippen molar-refractivity contribution >= 4 is 23.5 Å². The number of aryl methyl sites for hydroxylation is 1. The summed E-state index contributed by atoms with van der Waals surface area (Å²) in [5.41, 5.74) is 4.07. The van der Waals surface area contributed by atoms with Crippen molar-refractivity contribution in [3.8, 4) is 0 Å². The fraction of sp³-hybridized carbons (Fsp3) is 0.500. The lowest BCUT2D eigenvalue weighted by molar-refractivity contribution is 0.0303. The quantitative estimate of drug-likeness (QED) is 0.554. The van der Waals surface area contributed by atoms with Crippen LogP contribution in [0.4, 0.5) is 5.82 Å². The average molecular weight is 413 g/mol. The van der Waals surface area contributed by atoms with E-state index in [9.17, 15) is 4.79 Å². The van der Waals surface area contributed by atoms with E-state index < -0.39 is 0 Å². The predicted molar refractivity (Wildman–Crippen MR) is 116 cm³/mol. The molecule has 0 bridgehead atoms. The fourth-order valence-electron chi connectivity index (χ4n) is 3.78. The van der Waals surface area contributed by atoms with Gasteiger partial charge in [0.25, 0.3) is 5.91 Å². The van der Waals surface area contributed by atoms with Crippen molar-refractivity contribution in [2.45, 2.75) is 37.6 Å². The molecule has 2 aliphatic rings. The Morgan fingerprint density at radius 2 is 1.86 bits per heavy atom. The number of aromatic nitrogens is 2. The van der Waals surface area contributed by atoms with Gasteiger partial charge in [0.2, 0.25) is 0 Å². The molecule has 2 aliphatic heterocycles. The molecule has 2 aromatic rings. The summed E-state index contributed by atoms with van der Waals surface area (Å²) in [5, 5.41) is 0.805. The number of carbonyl (C=O) groups excluding carboxylic acids is 1. The van der Waals surface area contributed by atoms with E-state index in [1.165, 1.54) is 18.4 Å². The second-order valence-corrected chi connectivity index (χ2v) is 8.57. The summed E-state index contributed by atoms with van der Waals surface area (Å²) in [6.07, 6.45) is 2.46. The zero-order valence-corrected chi connectivity index (χ0v) is 18.0. The lowest BCUT2D eigenvalue weighted by Gasteiger charge is -2.27. The van der Waals surface area contributed by atoms with Crippen LogP contribution in [0.3, 0.4) is 0 Å². The summed E-state index contributed by atoms with van der Waals surface area (Å²) in [4.78, 5) is 26.5. The summed E-state index contributed by atoms with van der Waals surface area (Å²) in [5.74, 6) is 1.90. The molecular weight excluding hydrogens is 384 g/mol. The van der Waals surface area contributed by atoms with Crippen LogP contribution in [0, 0.1) is 13.8 Å². The second kappa shape index (κ2) is 9.13. The summed E-state index contributed by atoms with van der Waals surface area (Å²) in [7, 11) is 0. The van der Waals surface area contributed by atoms with Crippen LogP contribution in [0.15, 0.2) is 29.4 Å². The van der Waals surface area contributed by atoms with Gasteiger partial charge in [0, 0.05) is 48.8 Å². The van der Waals surface area contributed by atoms with Crippen LogP contribution >= 0.6 is 11.8 Å². The molecule has 154 valence electrons. The van der Waals surface area contributed by atoms with Gasteiger partial charge >= 0.3 is 0 Å². The van der Waals surface area contributed by atoms with Gasteiger partial charge in [-0.05, 0) is 44.4 Å². The number of amides is 1. The van der Waals surface area contributed by atoms with E-state index in [4.69, 9.17) is 9.72 Å². The van der Waals surface area contributed by atoms with Crippen molar-refractivity contribution in [1.82, 2.24) is 14.9 Å². The second-order valence-electron chi connectivity index (χ2n) is 7.63. The summed E-state index contributed by atoms with van der Waals surface area (Å²) in [6.45, 7) is 8.87. The van der Waals surface area contributed by atoms with Crippen LogP contribution in [0.25, 0.3) is 0 Å². The molecule has 0 atom stereocenters. The van der Waals surface area contributed by atoms with E-state index in [1.54, 1.807) is 11.8 Å². The van der Waals surface area contributed by atoms with Crippen molar-refractivity contribution in [1.29, 1.82) is 0 Å². The van der Waals surface area contributed by atoms with Crippen LogP contribution in [-0.4, -0.2) is 60.2 Å². The van der Waals surface area contributed by atoms with E-state index in [2.05, 4.69) is 29.8 Å². The predicted octanol–water partition coefficient (Wildman–Crippen LogP) is 3.46. The Labute approximate surface area is 176 Å². The molecule has 3 heterocycles. The van der Waals surface area contributed by atoms with Crippen LogP contribution < -0.4 is 4.90 Å². The number of benzene rings is 1. The largest absolute Gasteiger partial charge is 0.378 e. The molecule has 1 amide bonds. The van der Waals surface area contributed by atoms with Gasteiger partial charge in [-0.25, -0.2) is 9.97 Å². The number of carbonyl (C=O) groups is 1. The van der Waals surface area contributed by atoms with E-state index in [0.29, 0.717) is 26.3 Å². The Morgan fingerprint density at radius 3 is 2.62 bits per heavy atom. The highest BCUT2D eigenvalue weighted by atomic mass is 32.2. The van der Waals surface area contributed by atoms with Gasteiger partial charge in [-0.3, -0.25) is 4.79 Å². The van der Waals surface area contributed by atoms with Crippen molar-refractivity contribution in [3.05, 3.63) is 46.6 Å². The SMILES string of the molecule is Cc1nc(SCc2cccc(C(=O)N3CCOCC3)c2)nc(N2CCCC2)c1C. The van der Waals surface area contributed by atoms with Crippen LogP contribution in [0.5, 0.6) is 0 Å². The third kappa shape index (κ3) is 4.73. The molecule has 0 spiro atoms. The van der Waals surface area contributed by atoms with E-state index in [-0.39, 0.29) is 5.91 Å². The van der Waals surface area contributed by atoms with Gasteiger partial charge in [0.05, 0.1) is 13.2 Å². The minimum Gasteiger partial charge on any atom is -0.378 e. The highest BCUT2D eigenvalue weighted by Crippen LogP contribution is 2.28. The molecule has 0 aliphatic carbocycles. The number of thioether (sulfide) groups is 1. The van der Waals surface area contributed by atoms with Crippen LogP contribution in [0.1, 0.15) is 40.0 Å². The first kappa shape index (κ1) is 20.2. The number of hydrogen-bond acceptors (Lipinski definition) is 6. The molecule has 6 nitrogen and oxygen atoms in total.